The molecule has 2 N–H and O–H groups in total. The van der Waals surface area contributed by atoms with E-state index in [0.29, 0.717) is 0 Å². The van der Waals surface area contributed by atoms with Crippen LogP contribution in [0, 0.1) is 0 Å². The van der Waals surface area contributed by atoms with Crippen LogP contribution in [0.2, 0.25) is 0 Å². The summed E-state index contributed by atoms with van der Waals surface area (Å²) in [7, 11) is 0. The van der Waals surface area contributed by atoms with E-state index in [1.54, 1.807) is 6.20 Å². The number of aliphatic imine (C=N–C) groups is 1. The Balaban J connectivity index is 1.93. The van der Waals surface area contributed by atoms with Gasteiger partial charge in [-0.25, -0.2) is 4.98 Å². The quantitative estimate of drug-likeness (QED) is 0.881. The number of fused-ring (bicyclic) bond motifs is 1. The molecule has 0 spiro atoms. The highest BCUT2D eigenvalue weighted by Gasteiger charge is 2.29. The molecule has 19 heavy (non-hydrogen) atoms. The lowest BCUT2D eigenvalue weighted by Gasteiger charge is -2.02. The molecule has 0 radical (unpaired) electrons. The number of nitrogens with one attached hydrogen (secondary N) is 2. The molecule has 2 aromatic heterocycles. The van der Waals surface area contributed by atoms with Crippen molar-refractivity contribution in [2.24, 2.45) is 4.99 Å². The van der Waals surface area contributed by atoms with Gasteiger partial charge in [0.25, 0.3) is 5.91 Å². The average molecular weight is 256 g/mol. The van der Waals surface area contributed by atoms with Gasteiger partial charge >= 0.3 is 0 Å². The van der Waals surface area contributed by atoms with Crippen LogP contribution in [0.15, 0.2) is 29.5 Å². The Morgan fingerprint density at radius 2 is 2.32 bits per heavy atom. The number of nitrogens with zero attached hydrogens (tertiary/aromatic N) is 2. The summed E-state index contributed by atoms with van der Waals surface area (Å²) < 4.78 is 0. The van der Waals surface area contributed by atoms with Crippen LogP contribution in [-0.4, -0.2) is 21.7 Å². The Kier molecular flexibility index (Phi) is 3.03. The van der Waals surface area contributed by atoms with Crippen LogP contribution < -0.4 is 5.32 Å². The van der Waals surface area contributed by atoms with Gasteiger partial charge in [-0.15, -0.1) is 0 Å². The summed E-state index contributed by atoms with van der Waals surface area (Å²) in [4.78, 5) is 23.9. The highest BCUT2D eigenvalue weighted by Crippen LogP contribution is 2.28. The fourth-order valence-electron chi connectivity index (χ4n) is 2.34. The van der Waals surface area contributed by atoms with E-state index in [2.05, 4.69) is 27.2 Å². The zero-order valence-corrected chi connectivity index (χ0v) is 10.8. The molecule has 98 valence electrons. The summed E-state index contributed by atoms with van der Waals surface area (Å²) >= 11 is 0. The maximum absolute atomic E-state index is 12.0. The van der Waals surface area contributed by atoms with E-state index in [4.69, 9.17) is 0 Å². The van der Waals surface area contributed by atoms with Gasteiger partial charge < -0.3 is 10.3 Å². The summed E-state index contributed by atoms with van der Waals surface area (Å²) in [5.41, 5.74) is 1.69. The summed E-state index contributed by atoms with van der Waals surface area (Å²) in [6.45, 7) is 2.13. The van der Waals surface area contributed by atoms with Gasteiger partial charge in [-0.2, -0.15) is 0 Å². The van der Waals surface area contributed by atoms with E-state index in [-0.39, 0.29) is 5.91 Å². The molecule has 1 unspecified atom stereocenters. The number of hydrogen-bond acceptors (Lipinski definition) is 3. The monoisotopic (exact) mass is 256 g/mol. The van der Waals surface area contributed by atoms with Crippen molar-refractivity contribution in [3.05, 3.63) is 30.1 Å². The predicted octanol–water partition coefficient (Wildman–Crippen LogP) is 2.32. The summed E-state index contributed by atoms with van der Waals surface area (Å²) in [5.74, 6) is 0.756. The maximum Gasteiger partial charge on any atom is 0.254 e. The number of H-pyrrole nitrogens is 1. The first-order valence-electron chi connectivity index (χ1n) is 6.59. The Morgan fingerprint density at radius 3 is 3.16 bits per heavy atom. The Labute approximate surface area is 111 Å². The molecule has 0 saturated carbocycles. The molecule has 0 fully saturated rings. The van der Waals surface area contributed by atoms with Crippen molar-refractivity contribution >= 4 is 22.8 Å². The van der Waals surface area contributed by atoms with Crippen LogP contribution in [0.3, 0.4) is 0 Å². The van der Waals surface area contributed by atoms with Gasteiger partial charge in [-0.05, 0) is 18.6 Å². The normalized spacial score (nSPS) is 18.7. The third-order valence-corrected chi connectivity index (χ3v) is 3.35. The number of amides is 1. The third-order valence-electron chi connectivity index (χ3n) is 3.35. The molecule has 3 rings (SSSR count). The molecule has 3 heterocycles. The molecule has 0 aromatic carbocycles. The summed E-state index contributed by atoms with van der Waals surface area (Å²) in [6, 6.07) is 3.39. The van der Waals surface area contributed by atoms with Crippen molar-refractivity contribution in [2.45, 2.75) is 32.2 Å². The fourth-order valence-corrected chi connectivity index (χ4v) is 2.34. The van der Waals surface area contributed by atoms with Crippen molar-refractivity contribution in [1.82, 2.24) is 15.3 Å². The molecule has 1 amide bonds. The van der Waals surface area contributed by atoms with Crippen molar-refractivity contribution in [2.75, 3.05) is 0 Å². The first-order valence-corrected chi connectivity index (χ1v) is 6.59. The Hall–Kier alpha value is -2.17. The summed E-state index contributed by atoms with van der Waals surface area (Å²) in [5, 5.41) is 3.83. The molecular weight excluding hydrogens is 240 g/mol. The summed E-state index contributed by atoms with van der Waals surface area (Å²) in [6.07, 6.45) is 6.53. The van der Waals surface area contributed by atoms with Crippen LogP contribution in [0.25, 0.3) is 11.0 Å². The highest BCUT2D eigenvalue weighted by atomic mass is 16.2. The van der Waals surface area contributed by atoms with Crippen LogP contribution in [0.4, 0.5) is 0 Å². The second-order valence-electron chi connectivity index (χ2n) is 4.71. The second kappa shape index (κ2) is 4.84. The molecule has 0 bridgehead atoms. The van der Waals surface area contributed by atoms with Crippen LogP contribution >= 0.6 is 0 Å². The average Bonchev–Trinajstić information content (AvgIpc) is 2.99. The van der Waals surface area contributed by atoms with Crippen molar-refractivity contribution in [1.29, 1.82) is 0 Å². The molecular formula is C14H16N4O. The number of aromatic nitrogens is 2. The number of hydrogen-bond donors (Lipinski definition) is 2. The van der Waals surface area contributed by atoms with Gasteiger partial charge in [-0.3, -0.25) is 9.79 Å². The minimum atomic E-state index is -0.440. The fraction of sp³-hybridized carbons (Fsp3) is 0.357. The third kappa shape index (κ3) is 2.12. The lowest BCUT2D eigenvalue weighted by molar-refractivity contribution is -0.120. The molecule has 5 nitrogen and oxygen atoms in total. The molecule has 0 aliphatic carbocycles. The first kappa shape index (κ1) is 11.9. The standard InChI is InChI=1S/C14H16N4O/c1-2-3-6-11-17-12(14(19)18-11)10-8-16-13-9(10)5-4-7-15-13/h4-5,7-8,12H,2-3,6H2,1H3,(H,15,16)(H,17,18,19). The van der Waals surface area contributed by atoms with Gasteiger partial charge in [0, 0.05) is 29.8 Å². The SMILES string of the molecule is CCCCC1=NC(c2c[nH]c3ncccc23)C(=O)N1. The van der Waals surface area contributed by atoms with E-state index >= 15 is 0 Å². The Bertz CT molecular complexity index is 644. The van der Waals surface area contributed by atoms with Crippen LogP contribution in [-0.2, 0) is 4.79 Å². The van der Waals surface area contributed by atoms with Gasteiger partial charge in [0.05, 0.1) is 0 Å². The number of unbranched alkanes of at least 4 members (excludes halogenated alkanes) is 1. The number of aromatic amines is 1. The predicted molar refractivity (Wildman–Crippen MR) is 73.9 cm³/mol. The molecule has 0 saturated heterocycles. The topological polar surface area (TPSA) is 70.1 Å². The van der Waals surface area contributed by atoms with Crippen LogP contribution in [0.1, 0.15) is 37.8 Å². The molecule has 1 aliphatic rings. The largest absolute Gasteiger partial charge is 0.346 e. The lowest BCUT2D eigenvalue weighted by Crippen LogP contribution is -2.25. The molecule has 5 heteroatoms. The van der Waals surface area contributed by atoms with E-state index in [1.165, 1.54) is 0 Å². The number of carbonyl (C=O) groups is 1. The number of carbonyl (C=O) groups excluding carboxylic acids is 1. The van der Waals surface area contributed by atoms with E-state index < -0.39 is 6.04 Å². The maximum atomic E-state index is 12.0. The van der Waals surface area contributed by atoms with Crippen LogP contribution in [0.5, 0.6) is 0 Å². The smallest absolute Gasteiger partial charge is 0.254 e. The highest BCUT2D eigenvalue weighted by molar-refractivity contribution is 6.07. The van der Waals surface area contributed by atoms with Gasteiger partial charge in [0.15, 0.2) is 6.04 Å². The zero-order chi connectivity index (χ0) is 13.2. The Morgan fingerprint density at radius 1 is 1.42 bits per heavy atom. The molecule has 1 atom stereocenters. The first-order chi connectivity index (χ1) is 9.29. The molecule has 1 aliphatic heterocycles. The van der Waals surface area contributed by atoms with E-state index in [0.717, 1.165) is 41.7 Å². The van der Waals surface area contributed by atoms with E-state index in [1.807, 2.05) is 18.3 Å². The second-order valence-corrected chi connectivity index (χ2v) is 4.71. The minimum Gasteiger partial charge on any atom is -0.346 e. The lowest BCUT2D eigenvalue weighted by atomic mass is 10.1. The number of amidine groups is 1. The zero-order valence-electron chi connectivity index (χ0n) is 10.8. The van der Waals surface area contributed by atoms with E-state index in [9.17, 15) is 4.79 Å². The molecule has 2 aromatic rings. The van der Waals surface area contributed by atoms with Gasteiger partial charge in [0.2, 0.25) is 0 Å². The van der Waals surface area contributed by atoms with Gasteiger partial charge in [-0.1, -0.05) is 13.3 Å². The van der Waals surface area contributed by atoms with Crippen molar-refractivity contribution in [3.8, 4) is 0 Å². The number of rotatable bonds is 4. The number of pyridine rings is 1. The van der Waals surface area contributed by atoms with Gasteiger partial charge in [0.1, 0.15) is 11.5 Å². The van der Waals surface area contributed by atoms with Crippen molar-refractivity contribution < 1.29 is 4.79 Å². The van der Waals surface area contributed by atoms with Crippen molar-refractivity contribution in [3.63, 3.8) is 0 Å². The minimum absolute atomic E-state index is 0.0455.